The second kappa shape index (κ2) is 2.85. The van der Waals surface area contributed by atoms with Gasteiger partial charge >= 0.3 is 40.4 Å². The zero-order valence-corrected chi connectivity index (χ0v) is 5.97. The third kappa shape index (κ3) is 9.44. The van der Waals surface area contributed by atoms with Crippen LogP contribution in [0, 0.1) is 0 Å². The van der Waals surface area contributed by atoms with Crippen LogP contribution >= 0.6 is 27.0 Å². The molecule has 0 saturated carbocycles. The van der Waals surface area contributed by atoms with Crippen molar-refractivity contribution in [2.45, 2.75) is 0 Å². The summed E-state index contributed by atoms with van der Waals surface area (Å²) in [4.78, 5) is 0. The normalized spacial score (nSPS) is 11.2. The van der Waals surface area contributed by atoms with E-state index >= 15 is 0 Å². The number of hydrogen-bond donors (Lipinski definition) is 0. The Hall–Kier alpha value is 1.63. The van der Waals surface area contributed by atoms with E-state index in [2.05, 4.69) is 7.57 Å². The Morgan fingerprint density at radius 3 is 1.50 bits per heavy atom. The molecule has 0 aromatic heterocycles. The SMILES string of the molecule is [PH2][Rh]([Cl])[Cl]. The molecule has 0 aliphatic heterocycles. The van der Waals surface area contributed by atoms with Crippen molar-refractivity contribution in [2.24, 2.45) is 0 Å². The Balaban J connectivity index is 2.32. The van der Waals surface area contributed by atoms with Gasteiger partial charge in [0.15, 0.2) is 0 Å². The van der Waals surface area contributed by atoms with Gasteiger partial charge in [-0.25, -0.2) is 0 Å². The molecule has 0 aliphatic carbocycles. The van der Waals surface area contributed by atoms with Crippen molar-refractivity contribution in [3.63, 3.8) is 0 Å². The molecule has 4 heteroatoms. The van der Waals surface area contributed by atoms with Crippen LogP contribution in [-0.4, -0.2) is 0 Å². The Bertz CT molecular complexity index is 10.8. The molecule has 0 aromatic carbocycles. The molecular weight excluding hydrogens is 205 g/mol. The van der Waals surface area contributed by atoms with Crippen LogP contribution < -0.4 is 0 Å². The van der Waals surface area contributed by atoms with Gasteiger partial charge in [-0.2, -0.15) is 0 Å². The molecule has 30 valence electrons. The van der Waals surface area contributed by atoms with Crippen LogP contribution in [0.5, 0.6) is 0 Å². The Labute approximate surface area is 40.6 Å². The van der Waals surface area contributed by atoms with Gasteiger partial charge < -0.3 is 0 Å². The molecule has 0 nitrogen and oxygen atoms in total. The van der Waals surface area contributed by atoms with Crippen LogP contribution in [0.4, 0.5) is 0 Å². The van der Waals surface area contributed by atoms with Gasteiger partial charge in [-0.15, -0.1) is 0 Å². The van der Waals surface area contributed by atoms with E-state index in [1.807, 2.05) is 0 Å². The first-order valence-electron chi connectivity index (χ1n) is 0.444. The van der Waals surface area contributed by atoms with Gasteiger partial charge in [0, 0.05) is 0 Å². The van der Waals surface area contributed by atoms with E-state index in [-0.39, 0.29) is 0 Å². The fourth-order valence-corrected chi connectivity index (χ4v) is 0. The van der Waals surface area contributed by atoms with E-state index in [4.69, 9.17) is 19.4 Å². The van der Waals surface area contributed by atoms with E-state index in [9.17, 15) is 0 Å². The zero-order valence-electron chi connectivity index (χ0n) is 1.67. The van der Waals surface area contributed by atoms with Gasteiger partial charge in [0.2, 0.25) is 0 Å². The monoisotopic (exact) mass is 206 g/mol. The molecule has 0 rings (SSSR count). The molecule has 0 N–H and O–H groups in total. The molecule has 0 spiro atoms. The van der Waals surface area contributed by atoms with Crippen molar-refractivity contribution in [1.29, 1.82) is 0 Å². The first-order valence-corrected chi connectivity index (χ1v) is 7.89. The Morgan fingerprint density at radius 2 is 1.50 bits per heavy atom. The van der Waals surface area contributed by atoms with Gasteiger partial charge in [-0.05, 0) is 0 Å². The predicted octanol–water partition coefficient (Wildman–Crippen LogP) is 1.70. The number of hydrogen-bond acceptors (Lipinski definition) is 0. The molecule has 0 aromatic rings. The topological polar surface area (TPSA) is 0 Å². The number of halogens is 2. The van der Waals surface area contributed by atoms with Crippen LogP contribution in [0.15, 0.2) is 0 Å². The third-order valence-electron chi connectivity index (χ3n) is 0. The van der Waals surface area contributed by atoms with Crippen LogP contribution in [0.2, 0.25) is 0 Å². The summed E-state index contributed by atoms with van der Waals surface area (Å²) < 4.78 is 0. The van der Waals surface area contributed by atoms with E-state index in [1.165, 1.54) is 0 Å². The molecular formula is H2Cl2PRh. The average molecular weight is 207 g/mol. The summed E-state index contributed by atoms with van der Waals surface area (Å²) in [5, 5.41) is 0. The number of rotatable bonds is 0. The zero-order chi connectivity index (χ0) is 3.58. The second-order valence-electron chi connectivity index (χ2n) is 0.193. The predicted molar refractivity (Wildman–Crippen MR) is 21.4 cm³/mol. The molecule has 0 heterocycles. The van der Waals surface area contributed by atoms with Gasteiger partial charge in [0.05, 0.1) is 0 Å². The molecule has 0 fully saturated rings. The molecule has 0 radical (unpaired) electrons. The van der Waals surface area contributed by atoms with Gasteiger partial charge in [0.1, 0.15) is 0 Å². The van der Waals surface area contributed by atoms with Crippen molar-refractivity contribution < 1.29 is 13.5 Å². The third-order valence-corrected chi connectivity index (χ3v) is 0. The second-order valence-corrected chi connectivity index (χ2v) is 10.3. The fraction of sp³-hybridized carbons (Fsp3) is 0. The minimum absolute atomic E-state index is 1.22. The maximum atomic E-state index is 5.13. The summed E-state index contributed by atoms with van der Waals surface area (Å²) in [6.45, 7) is 0. The molecule has 1 atom stereocenters. The summed E-state index contributed by atoms with van der Waals surface area (Å²) in [6, 6.07) is 0. The molecule has 0 aliphatic rings. The molecule has 4 heavy (non-hydrogen) atoms. The Kier molecular flexibility index (Phi) is 4.01. The van der Waals surface area contributed by atoms with Crippen LogP contribution in [-0.2, 0) is 13.5 Å². The summed E-state index contributed by atoms with van der Waals surface area (Å²) in [6.07, 6.45) is 0. The van der Waals surface area contributed by atoms with Gasteiger partial charge in [0.25, 0.3) is 0 Å². The van der Waals surface area contributed by atoms with E-state index < -0.39 is 13.5 Å². The van der Waals surface area contributed by atoms with Crippen molar-refractivity contribution in [2.75, 3.05) is 0 Å². The summed E-state index contributed by atoms with van der Waals surface area (Å²) in [5.74, 6) is 0. The van der Waals surface area contributed by atoms with Gasteiger partial charge in [-0.3, -0.25) is 0 Å². The Morgan fingerprint density at radius 1 is 1.50 bits per heavy atom. The average Bonchev–Trinajstić information content (AvgIpc) is 0.811. The maximum absolute atomic E-state index is 5.13. The fourth-order valence-electron chi connectivity index (χ4n) is 0. The molecule has 0 saturated heterocycles. The van der Waals surface area contributed by atoms with Crippen LogP contribution in [0.3, 0.4) is 0 Å². The first-order chi connectivity index (χ1) is 1.73. The summed E-state index contributed by atoms with van der Waals surface area (Å²) in [5.41, 5.74) is 0. The molecule has 0 bridgehead atoms. The van der Waals surface area contributed by atoms with Crippen molar-refractivity contribution in [1.82, 2.24) is 0 Å². The van der Waals surface area contributed by atoms with Crippen LogP contribution in [0.25, 0.3) is 0 Å². The summed E-state index contributed by atoms with van der Waals surface area (Å²) in [7, 11) is 12.6. The van der Waals surface area contributed by atoms with Crippen molar-refractivity contribution in [3.8, 4) is 0 Å². The first kappa shape index (κ1) is 5.63. The van der Waals surface area contributed by atoms with E-state index in [0.717, 1.165) is 0 Å². The molecule has 1 unspecified atom stereocenters. The van der Waals surface area contributed by atoms with Crippen molar-refractivity contribution >= 4 is 27.0 Å². The van der Waals surface area contributed by atoms with Gasteiger partial charge in [-0.1, -0.05) is 0 Å². The van der Waals surface area contributed by atoms with E-state index in [1.54, 1.807) is 0 Å². The molecule has 0 amide bonds. The standard InChI is InChI=1S/2ClH.H2P.Rh/h2*1H;1H2;/q;;-1;+3/p-2. The summed E-state index contributed by atoms with van der Waals surface area (Å²) >= 11 is -1.22. The van der Waals surface area contributed by atoms with Crippen LogP contribution in [0.1, 0.15) is 0 Å². The van der Waals surface area contributed by atoms with Crippen molar-refractivity contribution in [3.05, 3.63) is 0 Å². The minimum atomic E-state index is -1.22. The quantitative estimate of drug-likeness (QED) is 0.418. The van der Waals surface area contributed by atoms with E-state index in [0.29, 0.717) is 0 Å².